The minimum absolute atomic E-state index is 0.0547. The highest BCUT2D eigenvalue weighted by molar-refractivity contribution is 7.89. The molecule has 1 aliphatic heterocycles. The van der Waals surface area contributed by atoms with E-state index in [-0.39, 0.29) is 16.3 Å². The van der Waals surface area contributed by atoms with E-state index >= 15 is 0 Å². The highest BCUT2D eigenvalue weighted by atomic mass is 32.2. The molecule has 0 aliphatic carbocycles. The molecular formula is C22H27N3O7S. The number of rotatable bonds is 9. The molecule has 3 rings (SSSR count). The van der Waals surface area contributed by atoms with Crippen molar-refractivity contribution in [2.75, 3.05) is 31.6 Å². The van der Waals surface area contributed by atoms with E-state index in [0.29, 0.717) is 32.5 Å². The van der Waals surface area contributed by atoms with Crippen molar-refractivity contribution in [2.24, 2.45) is 0 Å². The number of ether oxygens (including phenoxy) is 1. The fourth-order valence-corrected chi connectivity index (χ4v) is 5.18. The molecular weight excluding hydrogens is 450 g/mol. The Morgan fingerprint density at radius 3 is 2.61 bits per heavy atom. The summed E-state index contributed by atoms with van der Waals surface area (Å²) in [4.78, 5) is 38.7. The minimum Gasteiger partial charge on any atom is -0.459 e. The number of benzene rings is 1. The van der Waals surface area contributed by atoms with Crippen molar-refractivity contribution in [2.45, 2.75) is 37.6 Å². The van der Waals surface area contributed by atoms with E-state index in [1.165, 1.54) is 39.7 Å². The van der Waals surface area contributed by atoms with Gasteiger partial charge in [-0.3, -0.25) is 9.59 Å². The maximum absolute atomic E-state index is 12.7. The lowest BCUT2D eigenvalue weighted by atomic mass is 10.2. The van der Waals surface area contributed by atoms with Gasteiger partial charge in [0.2, 0.25) is 10.0 Å². The summed E-state index contributed by atoms with van der Waals surface area (Å²) in [6, 6.07) is 8.19. The number of carbonyl (C=O) groups is 3. The molecule has 2 aromatic rings. The van der Waals surface area contributed by atoms with Crippen LogP contribution in [0.3, 0.4) is 0 Å². The lowest BCUT2D eigenvalue weighted by molar-refractivity contribution is -0.151. The highest BCUT2D eigenvalue weighted by Gasteiger charge is 2.36. The van der Waals surface area contributed by atoms with Gasteiger partial charge in [0.05, 0.1) is 11.2 Å². The quantitative estimate of drug-likeness (QED) is 0.548. The Balaban J connectivity index is 1.58. The SMILES string of the molecule is CCN(CC)S(=O)(=O)c1cccc(NC(=O)COC(=O)[C@@H]2CCCN2C(=O)c2ccco2)c1. The van der Waals surface area contributed by atoms with Crippen LogP contribution in [0.1, 0.15) is 37.2 Å². The number of sulfonamides is 1. The van der Waals surface area contributed by atoms with Crippen LogP contribution >= 0.6 is 0 Å². The van der Waals surface area contributed by atoms with E-state index in [9.17, 15) is 22.8 Å². The van der Waals surface area contributed by atoms with Gasteiger partial charge in [-0.05, 0) is 43.2 Å². The number of hydrogen-bond donors (Lipinski definition) is 1. The summed E-state index contributed by atoms with van der Waals surface area (Å²) >= 11 is 0. The van der Waals surface area contributed by atoms with Crippen molar-refractivity contribution < 1.29 is 32.0 Å². The molecule has 1 aliphatic rings. The third kappa shape index (κ3) is 5.60. The Hall–Kier alpha value is -3.18. The Labute approximate surface area is 192 Å². The predicted octanol–water partition coefficient (Wildman–Crippen LogP) is 2.10. The van der Waals surface area contributed by atoms with Gasteiger partial charge < -0.3 is 19.4 Å². The standard InChI is InChI=1S/C22H27N3O7S/c1-3-24(4-2)33(29,30)17-9-5-8-16(14-17)23-20(26)15-32-22(28)18-10-6-12-25(18)21(27)19-11-7-13-31-19/h5,7-9,11,13-14,18H,3-4,6,10,12,15H2,1-2H3,(H,23,26)/t18-/m0/s1. The predicted molar refractivity (Wildman–Crippen MR) is 119 cm³/mol. The van der Waals surface area contributed by atoms with Crippen molar-refractivity contribution in [3.05, 3.63) is 48.4 Å². The normalized spacial score (nSPS) is 16.1. The second-order valence-corrected chi connectivity index (χ2v) is 9.34. The van der Waals surface area contributed by atoms with Gasteiger partial charge in [-0.15, -0.1) is 0 Å². The summed E-state index contributed by atoms with van der Waals surface area (Å²) in [6.07, 6.45) is 2.44. The molecule has 178 valence electrons. The lowest BCUT2D eigenvalue weighted by Gasteiger charge is -2.22. The van der Waals surface area contributed by atoms with Gasteiger partial charge in [-0.2, -0.15) is 4.31 Å². The molecule has 11 heteroatoms. The average molecular weight is 478 g/mol. The Bertz CT molecular complexity index is 1090. The van der Waals surface area contributed by atoms with E-state index in [1.54, 1.807) is 26.0 Å². The van der Waals surface area contributed by atoms with Crippen molar-refractivity contribution in [3.63, 3.8) is 0 Å². The number of esters is 1. The van der Waals surface area contributed by atoms with Gasteiger partial charge in [0.25, 0.3) is 11.8 Å². The topological polar surface area (TPSA) is 126 Å². The maximum atomic E-state index is 12.7. The van der Waals surface area contributed by atoms with Crippen LogP contribution in [-0.4, -0.2) is 67.7 Å². The minimum atomic E-state index is -3.68. The second kappa shape index (κ2) is 10.6. The zero-order chi connectivity index (χ0) is 24.0. The van der Waals surface area contributed by atoms with Crippen LogP contribution < -0.4 is 5.32 Å². The van der Waals surface area contributed by atoms with E-state index in [4.69, 9.17) is 9.15 Å². The van der Waals surface area contributed by atoms with Gasteiger partial charge in [0, 0.05) is 25.3 Å². The molecule has 2 amide bonds. The van der Waals surface area contributed by atoms with Gasteiger partial charge in [-0.1, -0.05) is 19.9 Å². The molecule has 1 atom stereocenters. The van der Waals surface area contributed by atoms with Crippen LogP contribution in [0.25, 0.3) is 0 Å². The molecule has 1 N–H and O–H groups in total. The Morgan fingerprint density at radius 1 is 1.18 bits per heavy atom. The highest BCUT2D eigenvalue weighted by Crippen LogP contribution is 2.22. The number of likely N-dealkylation sites (tertiary alicyclic amines) is 1. The molecule has 10 nitrogen and oxygen atoms in total. The number of anilines is 1. The van der Waals surface area contributed by atoms with Crippen molar-refractivity contribution in [1.82, 2.24) is 9.21 Å². The molecule has 0 radical (unpaired) electrons. The first-order chi connectivity index (χ1) is 15.8. The Kier molecular flexibility index (Phi) is 7.88. The first-order valence-electron chi connectivity index (χ1n) is 10.7. The number of hydrogen-bond acceptors (Lipinski definition) is 7. The third-order valence-electron chi connectivity index (χ3n) is 5.32. The Morgan fingerprint density at radius 2 is 1.94 bits per heavy atom. The average Bonchev–Trinajstić information content (AvgIpc) is 3.50. The molecule has 0 unspecified atom stereocenters. The van der Waals surface area contributed by atoms with Crippen molar-refractivity contribution in [3.8, 4) is 0 Å². The van der Waals surface area contributed by atoms with Crippen LogP contribution in [0.4, 0.5) is 5.69 Å². The summed E-state index contributed by atoms with van der Waals surface area (Å²) in [6.45, 7) is 3.96. The fourth-order valence-electron chi connectivity index (χ4n) is 3.67. The molecule has 33 heavy (non-hydrogen) atoms. The lowest BCUT2D eigenvalue weighted by Crippen LogP contribution is -2.42. The summed E-state index contributed by atoms with van der Waals surface area (Å²) in [5.41, 5.74) is 0.264. The number of nitrogens with one attached hydrogen (secondary N) is 1. The first kappa shape index (κ1) is 24.5. The van der Waals surface area contributed by atoms with Gasteiger partial charge in [-0.25, -0.2) is 13.2 Å². The number of carbonyl (C=O) groups excluding carboxylic acids is 3. The molecule has 1 fully saturated rings. The van der Waals surface area contributed by atoms with Crippen molar-refractivity contribution in [1.29, 1.82) is 0 Å². The smallest absolute Gasteiger partial charge is 0.329 e. The first-order valence-corrected chi connectivity index (χ1v) is 12.1. The summed E-state index contributed by atoms with van der Waals surface area (Å²) in [5.74, 6) is -1.58. The number of furan rings is 1. The maximum Gasteiger partial charge on any atom is 0.329 e. The zero-order valence-electron chi connectivity index (χ0n) is 18.5. The van der Waals surface area contributed by atoms with E-state index in [2.05, 4.69) is 5.32 Å². The largest absolute Gasteiger partial charge is 0.459 e. The van der Waals surface area contributed by atoms with Gasteiger partial charge in [0.15, 0.2) is 12.4 Å². The molecule has 2 heterocycles. The molecule has 1 saturated heterocycles. The molecule has 0 saturated carbocycles. The second-order valence-electron chi connectivity index (χ2n) is 7.41. The number of amides is 2. The molecule has 1 aromatic heterocycles. The van der Waals surface area contributed by atoms with Crippen molar-refractivity contribution >= 4 is 33.5 Å². The monoisotopic (exact) mass is 477 g/mol. The van der Waals surface area contributed by atoms with Crippen LogP contribution in [-0.2, 0) is 24.3 Å². The van der Waals surface area contributed by atoms with E-state index in [1.807, 2.05) is 0 Å². The van der Waals surface area contributed by atoms with E-state index < -0.39 is 40.5 Å². The summed E-state index contributed by atoms with van der Waals surface area (Å²) in [5, 5.41) is 2.54. The van der Waals surface area contributed by atoms with Gasteiger partial charge in [0.1, 0.15) is 6.04 Å². The third-order valence-corrected chi connectivity index (χ3v) is 7.37. The summed E-state index contributed by atoms with van der Waals surface area (Å²) in [7, 11) is -3.68. The van der Waals surface area contributed by atoms with Crippen LogP contribution in [0.15, 0.2) is 52.0 Å². The van der Waals surface area contributed by atoms with E-state index in [0.717, 1.165) is 0 Å². The summed E-state index contributed by atoms with van der Waals surface area (Å²) < 4.78 is 36.9. The van der Waals surface area contributed by atoms with Crippen LogP contribution in [0.2, 0.25) is 0 Å². The van der Waals surface area contributed by atoms with Crippen LogP contribution in [0.5, 0.6) is 0 Å². The zero-order valence-corrected chi connectivity index (χ0v) is 19.3. The fraction of sp³-hybridized carbons (Fsp3) is 0.409. The molecule has 0 bridgehead atoms. The van der Waals surface area contributed by atoms with Gasteiger partial charge >= 0.3 is 5.97 Å². The van der Waals surface area contributed by atoms with Crippen LogP contribution in [0, 0.1) is 0 Å². The number of nitrogens with zero attached hydrogens (tertiary/aromatic N) is 2. The molecule has 0 spiro atoms. The molecule has 1 aromatic carbocycles.